The molecule has 0 radical (unpaired) electrons. The molecule has 3 rings (SSSR count). The molecular formula is C18H15F4N3OS. The van der Waals surface area contributed by atoms with Gasteiger partial charge in [-0.25, -0.2) is 0 Å². The quantitative estimate of drug-likeness (QED) is 0.460. The topological polar surface area (TPSA) is 42.8 Å². The second-order valence-electron chi connectivity index (χ2n) is 5.97. The number of rotatable bonds is 5. The summed E-state index contributed by atoms with van der Waals surface area (Å²) in [5.74, 6) is -0.0567. The van der Waals surface area contributed by atoms with E-state index in [-0.39, 0.29) is 0 Å². The summed E-state index contributed by atoms with van der Waals surface area (Å²) in [5.41, 5.74) is 3.08. The van der Waals surface area contributed by atoms with Gasteiger partial charge in [-0.05, 0) is 55.4 Å². The first-order valence-corrected chi connectivity index (χ1v) is 8.30. The number of nitrogens with one attached hydrogen (secondary N) is 1. The summed E-state index contributed by atoms with van der Waals surface area (Å²) in [7, 11) is 0. The van der Waals surface area contributed by atoms with Crippen molar-refractivity contribution >= 4 is 12.2 Å². The standard InChI is InChI=1S/C18H15F4N3OS/c1-10-6-7-11(2)14(8-10)25-15(23-24-17(25)27)12-4-3-5-13(9-12)26-18(21,22)16(19)20/h3-9,16H,1-2H3,(H,24,27). The first kappa shape index (κ1) is 19.1. The largest absolute Gasteiger partial charge is 0.461 e. The Balaban J connectivity index is 2.08. The fourth-order valence-electron chi connectivity index (χ4n) is 2.57. The molecule has 0 saturated carbocycles. The lowest BCUT2D eigenvalue weighted by molar-refractivity contribution is -0.253. The number of hydrogen-bond donors (Lipinski definition) is 1. The molecule has 3 aromatic rings. The van der Waals surface area contributed by atoms with E-state index in [2.05, 4.69) is 14.9 Å². The van der Waals surface area contributed by atoms with Crippen LogP contribution in [0, 0.1) is 18.6 Å². The fraction of sp³-hybridized carbons (Fsp3) is 0.222. The number of H-pyrrole nitrogens is 1. The predicted octanol–water partition coefficient (Wildman–Crippen LogP) is 5.45. The number of ether oxygens (including phenoxy) is 1. The molecule has 0 atom stereocenters. The van der Waals surface area contributed by atoms with Crippen molar-refractivity contribution < 1.29 is 22.3 Å². The van der Waals surface area contributed by atoms with Gasteiger partial charge in [0.2, 0.25) is 0 Å². The zero-order valence-corrected chi connectivity index (χ0v) is 15.2. The third kappa shape index (κ3) is 3.87. The van der Waals surface area contributed by atoms with E-state index < -0.39 is 18.3 Å². The number of benzene rings is 2. The average Bonchev–Trinajstić information content (AvgIpc) is 2.98. The zero-order chi connectivity index (χ0) is 19.8. The molecule has 0 aliphatic heterocycles. The smallest absolute Gasteiger partial charge is 0.428 e. The SMILES string of the molecule is Cc1ccc(C)c(-n2c(-c3cccc(OC(F)(F)C(F)F)c3)n[nH]c2=S)c1. The Morgan fingerprint density at radius 1 is 1.15 bits per heavy atom. The molecule has 27 heavy (non-hydrogen) atoms. The van der Waals surface area contributed by atoms with Gasteiger partial charge in [0.15, 0.2) is 10.6 Å². The number of alkyl halides is 4. The van der Waals surface area contributed by atoms with Crippen LogP contribution in [0.2, 0.25) is 0 Å². The number of aromatic nitrogens is 3. The Kier molecular flexibility index (Phi) is 5.05. The summed E-state index contributed by atoms with van der Waals surface area (Å²) in [6.07, 6.45) is -8.53. The van der Waals surface area contributed by atoms with Crippen molar-refractivity contribution in [2.24, 2.45) is 0 Å². The fourth-order valence-corrected chi connectivity index (χ4v) is 2.81. The lowest BCUT2D eigenvalue weighted by Crippen LogP contribution is -2.33. The van der Waals surface area contributed by atoms with Crippen molar-refractivity contribution in [2.45, 2.75) is 26.4 Å². The normalized spacial score (nSPS) is 11.8. The van der Waals surface area contributed by atoms with E-state index >= 15 is 0 Å². The van der Waals surface area contributed by atoms with E-state index in [4.69, 9.17) is 12.2 Å². The van der Waals surface area contributed by atoms with Crippen LogP contribution in [0.1, 0.15) is 11.1 Å². The van der Waals surface area contributed by atoms with Gasteiger partial charge in [-0.1, -0.05) is 24.3 Å². The number of aromatic amines is 1. The van der Waals surface area contributed by atoms with E-state index in [1.54, 1.807) is 10.6 Å². The van der Waals surface area contributed by atoms with Gasteiger partial charge in [0.1, 0.15) is 5.75 Å². The number of nitrogens with zero attached hydrogens (tertiary/aromatic N) is 2. The van der Waals surface area contributed by atoms with Gasteiger partial charge in [-0.3, -0.25) is 9.67 Å². The molecule has 0 aliphatic rings. The van der Waals surface area contributed by atoms with Gasteiger partial charge in [0.05, 0.1) is 5.69 Å². The van der Waals surface area contributed by atoms with Crippen LogP contribution in [0.5, 0.6) is 5.75 Å². The molecule has 9 heteroatoms. The van der Waals surface area contributed by atoms with Gasteiger partial charge >= 0.3 is 12.5 Å². The molecule has 0 spiro atoms. The lowest BCUT2D eigenvalue weighted by atomic mass is 10.1. The summed E-state index contributed by atoms with van der Waals surface area (Å²) < 4.78 is 57.3. The Labute approximate surface area is 157 Å². The summed E-state index contributed by atoms with van der Waals surface area (Å²) in [6, 6.07) is 11.2. The van der Waals surface area contributed by atoms with Crippen LogP contribution in [-0.4, -0.2) is 27.3 Å². The molecule has 0 aliphatic carbocycles. The monoisotopic (exact) mass is 397 g/mol. The molecule has 0 bridgehead atoms. The maximum absolute atomic E-state index is 13.2. The first-order valence-electron chi connectivity index (χ1n) is 7.89. The molecule has 0 fully saturated rings. The summed E-state index contributed by atoms with van der Waals surface area (Å²) in [5, 5.41) is 6.83. The van der Waals surface area contributed by atoms with Crippen molar-refractivity contribution in [2.75, 3.05) is 0 Å². The summed E-state index contributed by atoms with van der Waals surface area (Å²) in [4.78, 5) is 0. The minimum absolute atomic E-state index is 0.308. The molecule has 1 aromatic heterocycles. The van der Waals surface area contributed by atoms with Gasteiger partial charge in [-0.2, -0.15) is 22.7 Å². The second-order valence-corrected chi connectivity index (χ2v) is 6.36. The summed E-state index contributed by atoms with van der Waals surface area (Å²) >= 11 is 5.31. The van der Waals surface area contributed by atoms with Crippen LogP contribution in [0.15, 0.2) is 42.5 Å². The van der Waals surface area contributed by atoms with E-state index in [0.717, 1.165) is 16.8 Å². The minimum atomic E-state index is -4.59. The Morgan fingerprint density at radius 2 is 1.89 bits per heavy atom. The molecule has 1 N–H and O–H groups in total. The van der Waals surface area contributed by atoms with Gasteiger partial charge in [0.25, 0.3) is 0 Å². The average molecular weight is 397 g/mol. The van der Waals surface area contributed by atoms with Crippen LogP contribution < -0.4 is 4.74 Å². The highest BCUT2D eigenvalue weighted by atomic mass is 32.1. The Bertz CT molecular complexity index is 1030. The Morgan fingerprint density at radius 3 is 2.59 bits per heavy atom. The molecule has 1 heterocycles. The third-order valence-corrected chi connectivity index (χ3v) is 4.15. The van der Waals surface area contributed by atoms with Crippen molar-refractivity contribution in [3.63, 3.8) is 0 Å². The Hall–Kier alpha value is -2.68. The van der Waals surface area contributed by atoms with E-state index in [1.165, 1.54) is 18.2 Å². The van der Waals surface area contributed by atoms with Gasteiger partial charge in [0, 0.05) is 5.56 Å². The number of halogens is 4. The van der Waals surface area contributed by atoms with Gasteiger partial charge in [-0.15, -0.1) is 0 Å². The lowest BCUT2D eigenvalue weighted by Gasteiger charge is -2.17. The molecule has 4 nitrogen and oxygen atoms in total. The number of aryl methyl sites for hydroxylation is 2. The van der Waals surface area contributed by atoms with Crippen LogP contribution in [0.25, 0.3) is 17.1 Å². The molecule has 0 saturated heterocycles. The van der Waals surface area contributed by atoms with E-state index in [9.17, 15) is 17.6 Å². The maximum atomic E-state index is 13.2. The van der Waals surface area contributed by atoms with Crippen LogP contribution in [0.4, 0.5) is 17.6 Å². The highest BCUT2D eigenvalue weighted by Gasteiger charge is 2.44. The highest BCUT2D eigenvalue weighted by Crippen LogP contribution is 2.31. The maximum Gasteiger partial charge on any atom is 0.461 e. The highest BCUT2D eigenvalue weighted by molar-refractivity contribution is 7.71. The van der Waals surface area contributed by atoms with Crippen LogP contribution >= 0.6 is 12.2 Å². The van der Waals surface area contributed by atoms with Gasteiger partial charge < -0.3 is 4.74 Å². The molecule has 0 unspecified atom stereocenters. The van der Waals surface area contributed by atoms with Crippen LogP contribution in [-0.2, 0) is 0 Å². The first-order chi connectivity index (χ1) is 12.7. The van der Waals surface area contributed by atoms with Crippen molar-refractivity contribution in [1.29, 1.82) is 0 Å². The third-order valence-electron chi connectivity index (χ3n) is 3.88. The predicted molar refractivity (Wildman–Crippen MR) is 95.2 cm³/mol. The van der Waals surface area contributed by atoms with E-state index in [0.29, 0.717) is 16.2 Å². The molecule has 142 valence electrons. The van der Waals surface area contributed by atoms with Crippen molar-refractivity contribution in [3.05, 3.63) is 58.4 Å². The van der Waals surface area contributed by atoms with E-state index in [1.807, 2.05) is 32.0 Å². The van der Waals surface area contributed by atoms with Crippen molar-refractivity contribution in [1.82, 2.24) is 14.8 Å². The number of hydrogen-bond acceptors (Lipinski definition) is 3. The second kappa shape index (κ2) is 7.15. The van der Waals surface area contributed by atoms with Crippen molar-refractivity contribution in [3.8, 4) is 22.8 Å². The molecule has 2 aromatic carbocycles. The van der Waals surface area contributed by atoms with Crippen LogP contribution in [0.3, 0.4) is 0 Å². The molecular weight excluding hydrogens is 382 g/mol. The zero-order valence-electron chi connectivity index (χ0n) is 14.3. The summed E-state index contributed by atoms with van der Waals surface area (Å²) in [6.45, 7) is 3.82. The minimum Gasteiger partial charge on any atom is -0.428 e. The molecule has 0 amide bonds.